The highest BCUT2D eigenvalue weighted by Gasteiger charge is 2.08. The van der Waals surface area contributed by atoms with Crippen LogP contribution in [0.3, 0.4) is 0 Å². The lowest BCUT2D eigenvalue weighted by Crippen LogP contribution is -2.35. The van der Waals surface area contributed by atoms with Gasteiger partial charge in [-0.15, -0.1) is 0 Å². The molecule has 4 heteroatoms. The molecular formula is C13H20N2O2. The summed E-state index contributed by atoms with van der Waals surface area (Å²) in [7, 11) is 1.63. The molecule has 17 heavy (non-hydrogen) atoms. The van der Waals surface area contributed by atoms with Crippen molar-refractivity contribution >= 4 is 11.6 Å². The number of likely N-dealkylation sites (N-methyl/N-ethyl adjacent to an activating group) is 1. The van der Waals surface area contributed by atoms with E-state index in [1.165, 1.54) is 0 Å². The summed E-state index contributed by atoms with van der Waals surface area (Å²) in [6.07, 6.45) is 0. The van der Waals surface area contributed by atoms with Gasteiger partial charge < -0.3 is 15.0 Å². The molecule has 94 valence electrons. The number of rotatable bonds is 6. The van der Waals surface area contributed by atoms with E-state index in [-0.39, 0.29) is 5.91 Å². The first-order valence-corrected chi connectivity index (χ1v) is 5.87. The quantitative estimate of drug-likeness (QED) is 0.821. The molecule has 0 atom stereocenters. The highest BCUT2D eigenvalue weighted by Crippen LogP contribution is 2.14. The van der Waals surface area contributed by atoms with Gasteiger partial charge in [0.05, 0.1) is 13.7 Å². The Morgan fingerprint density at radius 3 is 2.29 bits per heavy atom. The van der Waals surface area contributed by atoms with Gasteiger partial charge in [0, 0.05) is 18.8 Å². The van der Waals surface area contributed by atoms with E-state index in [9.17, 15) is 4.79 Å². The van der Waals surface area contributed by atoms with Crippen LogP contribution in [0.2, 0.25) is 0 Å². The predicted octanol–water partition coefficient (Wildman–Crippen LogP) is 1.98. The van der Waals surface area contributed by atoms with Crippen LogP contribution in [0, 0.1) is 0 Å². The van der Waals surface area contributed by atoms with Gasteiger partial charge in [0.1, 0.15) is 5.75 Å². The maximum atomic E-state index is 11.7. The fraction of sp³-hybridized carbons (Fsp3) is 0.462. The molecule has 0 aliphatic heterocycles. The second kappa shape index (κ2) is 6.78. The number of anilines is 1. The van der Waals surface area contributed by atoms with Gasteiger partial charge >= 0.3 is 0 Å². The van der Waals surface area contributed by atoms with E-state index in [4.69, 9.17) is 4.74 Å². The average Bonchev–Trinajstić information content (AvgIpc) is 2.38. The largest absolute Gasteiger partial charge is 0.497 e. The molecule has 0 saturated carbocycles. The van der Waals surface area contributed by atoms with E-state index < -0.39 is 0 Å². The fourth-order valence-corrected chi connectivity index (χ4v) is 1.57. The molecule has 0 aliphatic carbocycles. The Labute approximate surface area is 103 Å². The summed E-state index contributed by atoms with van der Waals surface area (Å²) in [5, 5.41) is 3.10. The number of carbonyl (C=O) groups excluding carboxylic acids is 1. The number of nitrogens with zero attached hydrogens (tertiary/aromatic N) is 1. The molecule has 0 spiro atoms. The monoisotopic (exact) mass is 236 g/mol. The molecule has 1 rings (SSSR count). The molecule has 0 aliphatic rings. The second-order valence-electron chi connectivity index (χ2n) is 3.65. The number of nitrogens with one attached hydrogen (secondary N) is 1. The average molecular weight is 236 g/mol. The molecule has 1 amide bonds. The minimum absolute atomic E-state index is 0.116. The molecule has 4 nitrogen and oxygen atoms in total. The van der Waals surface area contributed by atoms with Crippen molar-refractivity contribution < 1.29 is 9.53 Å². The Bertz CT molecular complexity index is 345. The summed E-state index contributed by atoms with van der Waals surface area (Å²) < 4.78 is 5.06. The summed E-state index contributed by atoms with van der Waals surface area (Å²) in [6, 6.07) is 7.52. The topological polar surface area (TPSA) is 41.6 Å². The molecule has 1 aromatic rings. The van der Waals surface area contributed by atoms with E-state index in [1.54, 1.807) is 12.0 Å². The molecule has 0 fully saturated rings. The molecule has 0 heterocycles. The van der Waals surface area contributed by atoms with Gasteiger partial charge in [-0.2, -0.15) is 0 Å². The van der Waals surface area contributed by atoms with Crippen LogP contribution in [-0.4, -0.2) is 37.6 Å². The van der Waals surface area contributed by atoms with E-state index in [2.05, 4.69) is 5.32 Å². The zero-order valence-electron chi connectivity index (χ0n) is 10.7. The summed E-state index contributed by atoms with van der Waals surface area (Å²) in [5.74, 6) is 0.927. The Hall–Kier alpha value is -1.71. The summed E-state index contributed by atoms with van der Waals surface area (Å²) in [5.41, 5.74) is 0.923. The normalized spacial score (nSPS) is 9.82. The SMILES string of the molecule is CCN(CC)C(=O)CNc1ccc(OC)cc1. The molecule has 0 radical (unpaired) electrons. The van der Waals surface area contributed by atoms with Crippen LogP contribution in [0.4, 0.5) is 5.69 Å². The maximum Gasteiger partial charge on any atom is 0.241 e. The first kappa shape index (κ1) is 13.4. The molecular weight excluding hydrogens is 216 g/mol. The summed E-state index contributed by atoms with van der Waals surface area (Å²) >= 11 is 0. The van der Waals surface area contributed by atoms with Crippen molar-refractivity contribution in [2.24, 2.45) is 0 Å². The number of benzene rings is 1. The summed E-state index contributed by atoms with van der Waals surface area (Å²) in [4.78, 5) is 13.5. The lowest BCUT2D eigenvalue weighted by atomic mass is 10.3. The van der Waals surface area contributed by atoms with E-state index in [0.29, 0.717) is 6.54 Å². The summed E-state index contributed by atoms with van der Waals surface area (Å²) in [6.45, 7) is 5.79. The third-order valence-electron chi connectivity index (χ3n) is 2.65. The molecule has 0 saturated heterocycles. The number of hydrogen-bond donors (Lipinski definition) is 1. The standard InChI is InChI=1S/C13H20N2O2/c1-4-15(5-2)13(16)10-14-11-6-8-12(17-3)9-7-11/h6-9,14H,4-5,10H2,1-3H3. The minimum Gasteiger partial charge on any atom is -0.497 e. The van der Waals surface area contributed by atoms with Crippen LogP contribution in [0.25, 0.3) is 0 Å². The Kier molecular flexibility index (Phi) is 5.33. The molecule has 1 N–H and O–H groups in total. The third-order valence-corrected chi connectivity index (χ3v) is 2.65. The van der Waals surface area contributed by atoms with Crippen molar-refractivity contribution in [1.29, 1.82) is 0 Å². The second-order valence-corrected chi connectivity index (χ2v) is 3.65. The van der Waals surface area contributed by atoms with Crippen molar-refractivity contribution in [2.75, 3.05) is 32.1 Å². The van der Waals surface area contributed by atoms with Crippen LogP contribution < -0.4 is 10.1 Å². The van der Waals surface area contributed by atoms with Gasteiger partial charge in [0.2, 0.25) is 5.91 Å². The Morgan fingerprint density at radius 2 is 1.82 bits per heavy atom. The van der Waals surface area contributed by atoms with Crippen LogP contribution >= 0.6 is 0 Å². The molecule has 0 aromatic heterocycles. The third kappa shape index (κ3) is 3.98. The van der Waals surface area contributed by atoms with Gasteiger partial charge in [-0.05, 0) is 38.1 Å². The van der Waals surface area contributed by atoms with Crippen LogP contribution in [0.5, 0.6) is 5.75 Å². The van der Waals surface area contributed by atoms with Crippen molar-refractivity contribution in [3.8, 4) is 5.75 Å². The van der Waals surface area contributed by atoms with Gasteiger partial charge in [-0.3, -0.25) is 4.79 Å². The van der Waals surface area contributed by atoms with Crippen molar-refractivity contribution in [1.82, 2.24) is 4.90 Å². The van der Waals surface area contributed by atoms with Crippen molar-refractivity contribution in [2.45, 2.75) is 13.8 Å². The fourth-order valence-electron chi connectivity index (χ4n) is 1.57. The highest BCUT2D eigenvalue weighted by atomic mass is 16.5. The number of hydrogen-bond acceptors (Lipinski definition) is 3. The first-order valence-electron chi connectivity index (χ1n) is 5.87. The number of methoxy groups -OCH3 is 1. The smallest absolute Gasteiger partial charge is 0.241 e. The first-order chi connectivity index (χ1) is 8.21. The van der Waals surface area contributed by atoms with Crippen LogP contribution in [-0.2, 0) is 4.79 Å². The van der Waals surface area contributed by atoms with Gasteiger partial charge in [-0.1, -0.05) is 0 Å². The van der Waals surface area contributed by atoms with E-state index in [1.807, 2.05) is 38.1 Å². The maximum absolute atomic E-state index is 11.7. The minimum atomic E-state index is 0.116. The number of carbonyl (C=O) groups is 1. The van der Waals surface area contributed by atoms with Crippen LogP contribution in [0.1, 0.15) is 13.8 Å². The Balaban J connectivity index is 2.46. The highest BCUT2D eigenvalue weighted by molar-refractivity contribution is 5.80. The van der Waals surface area contributed by atoms with Gasteiger partial charge in [-0.25, -0.2) is 0 Å². The lowest BCUT2D eigenvalue weighted by molar-refractivity contribution is -0.128. The van der Waals surface area contributed by atoms with Crippen molar-refractivity contribution in [3.63, 3.8) is 0 Å². The van der Waals surface area contributed by atoms with Gasteiger partial charge in [0.25, 0.3) is 0 Å². The molecule has 0 bridgehead atoms. The number of ether oxygens (including phenoxy) is 1. The van der Waals surface area contributed by atoms with E-state index in [0.717, 1.165) is 24.5 Å². The van der Waals surface area contributed by atoms with Gasteiger partial charge in [0.15, 0.2) is 0 Å². The van der Waals surface area contributed by atoms with E-state index >= 15 is 0 Å². The van der Waals surface area contributed by atoms with Crippen LogP contribution in [0.15, 0.2) is 24.3 Å². The number of amides is 1. The zero-order chi connectivity index (χ0) is 12.7. The molecule has 0 unspecified atom stereocenters. The Morgan fingerprint density at radius 1 is 1.24 bits per heavy atom. The zero-order valence-corrected chi connectivity index (χ0v) is 10.7. The predicted molar refractivity (Wildman–Crippen MR) is 69.4 cm³/mol. The van der Waals surface area contributed by atoms with Crippen molar-refractivity contribution in [3.05, 3.63) is 24.3 Å². The lowest BCUT2D eigenvalue weighted by Gasteiger charge is -2.19. The molecule has 1 aromatic carbocycles.